The van der Waals surface area contributed by atoms with Crippen molar-refractivity contribution in [2.75, 3.05) is 25.0 Å². The molecule has 1 aromatic carbocycles. The van der Waals surface area contributed by atoms with Gasteiger partial charge in [-0.25, -0.2) is 0 Å². The average Bonchev–Trinajstić information content (AvgIpc) is 3.01. The third-order valence-electron chi connectivity index (χ3n) is 3.75. The first-order valence-corrected chi connectivity index (χ1v) is 8.65. The largest absolute Gasteiger partial charge is 0.359 e. The number of rotatable bonds is 7. The summed E-state index contributed by atoms with van der Waals surface area (Å²) in [6.07, 6.45) is 3.43. The van der Waals surface area contributed by atoms with Crippen LogP contribution < -0.4 is 10.6 Å². The first kappa shape index (κ1) is 19.1. The smallest absolute Gasteiger partial charge is 0.263 e. The van der Waals surface area contributed by atoms with Gasteiger partial charge in [0, 0.05) is 32.3 Å². The highest BCUT2D eigenvalue weighted by atomic mass is 35.5. The van der Waals surface area contributed by atoms with E-state index in [1.54, 1.807) is 23.1 Å². The Morgan fingerprint density at radius 2 is 2.20 bits per heavy atom. The van der Waals surface area contributed by atoms with Crippen LogP contribution in [0.4, 0.5) is 5.69 Å². The first-order valence-electron chi connectivity index (χ1n) is 7.89. The average molecular weight is 381 g/mol. The first-order chi connectivity index (χ1) is 12.0. The molecule has 2 amide bonds. The number of hydrogen-bond acceptors (Lipinski definition) is 4. The van der Waals surface area contributed by atoms with E-state index in [2.05, 4.69) is 10.6 Å². The molecule has 0 saturated carbocycles. The van der Waals surface area contributed by atoms with Gasteiger partial charge in [0.2, 0.25) is 5.91 Å². The van der Waals surface area contributed by atoms with E-state index >= 15 is 0 Å². The molecule has 0 unspecified atom stereocenters. The van der Waals surface area contributed by atoms with Crippen molar-refractivity contribution in [3.63, 3.8) is 0 Å². The van der Waals surface area contributed by atoms with Gasteiger partial charge in [0.1, 0.15) is 11.6 Å². The second-order valence-electron chi connectivity index (χ2n) is 5.51. The lowest BCUT2D eigenvalue weighted by Gasteiger charge is -2.15. The Labute approximate surface area is 156 Å². The van der Waals surface area contributed by atoms with Gasteiger partial charge in [-0.3, -0.25) is 9.59 Å². The Morgan fingerprint density at radius 1 is 1.40 bits per heavy atom. The van der Waals surface area contributed by atoms with E-state index in [1.807, 2.05) is 6.07 Å². The second kappa shape index (κ2) is 9.30. The van der Waals surface area contributed by atoms with E-state index in [-0.39, 0.29) is 11.5 Å². The summed E-state index contributed by atoms with van der Waals surface area (Å²) in [6.45, 7) is 1.78. The summed E-state index contributed by atoms with van der Waals surface area (Å²) in [5.74, 6) is -0.326. The predicted molar refractivity (Wildman–Crippen MR) is 97.2 cm³/mol. The van der Waals surface area contributed by atoms with Crippen molar-refractivity contribution in [2.24, 2.45) is 0 Å². The molecule has 0 aromatic heterocycles. The van der Waals surface area contributed by atoms with Crippen LogP contribution in [0.25, 0.3) is 0 Å². The maximum absolute atomic E-state index is 12.0. The molecule has 8 heteroatoms. The van der Waals surface area contributed by atoms with Gasteiger partial charge in [0.15, 0.2) is 0 Å². The van der Waals surface area contributed by atoms with Crippen molar-refractivity contribution in [3.05, 3.63) is 40.0 Å². The molecule has 1 aliphatic rings. The van der Waals surface area contributed by atoms with E-state index in [0.29, 0.717) is 41.7 Å². The lowest BCUT2D eigenvalue weighted by molar-refractivity contribution is -0.127. The van der Waals surface area contributed by atoms with Crippen LogP contribution in [0.2, 0.25) is 10.0 Å². The van der Waals surface area contributed by atoms with E-state index in [1.165, 1.54) is 6.20 Å². The molecule has 1 aliphatic heterocycles. The summed E-state index contributed by atoms with van der Waals surface area (Å²) in [5, 5.41) is 15.3. The molecule has 0 radical (unpaired) electrons. The van der Waals surface area contributed by atoms with Crippen LogP contribution >= 0.6 is 23.2 Å². The van der Waals surface area contributed by atoms with Crippen molar-refractivity contribution in [1.82, 2.24) is 10.2 Å². The molecule has 0 atom stereocenters. The highest BCUT2D eigenvalue weighted by Crippen LogP contribution is 2.29. The molecule has 1 heterocycles. The zero-order valence-electron chi connectivity index (χ0n) is 13.5. The van der Waals surface area contributed by atoms with E-state index < -0.39 is 5.91 Å². The fourth-order valence-corrected chi connectivity index (χ4v) is 2.78. The SMILES string of the molecule is N#C/C(=C/Nc1cccc(Cl)c1Cl)C(=O)NCCCN1CCCC1=O. The summed E-state index contributed by atoms with van der Waals surface area (Å²) >= 11 is 11.9. The molecular formula is C17H18Cl2N4O2. The number of benzene rings is 1. The van der Waals surface area contributed by atoms with Gasteiger partial charge in [-0.1, -0.05) is 29.3 Å². The number of carbonyl (C=O) groups excluding carboxylic acids is 2. The Kier molecular flexibility index (Phi) is 7.11. The molecular weight excluding hydrogens is 363 g/mol. The molecule has 2 rings (SSSR count). The predicted octanol–water partition coefficient (Wildman–Crippen LogP) is 2.94. The van der Waals surface area contributed by atoms with E-state index in [0.717, 1.165) is 13.0 Å². The number of nitrogens with one attached hydrogen (secondary N) is 2. The Hall–Kier alpha value is -2.23. The molecule has 132 valence electrons. The van der Waals surface area contributed by atoms with Gasteiger partial charge < -0.3 is 15.5 Å². The molecule has 1 saturated heterocycles. The summed E-state index contributed by atoms with van der Waals surface area (Å²) in [6, 6.07) is 6.87. The second-order valence-corrected chi connectivity index (χ2v) is 6.29. The highest BCUT2D eigenvalue weighted by Gasteiger charge is 2.19. The maximum atomic E-state index is 12.0. The molecule has 0 aliphatic carbocycles. The number of amides is 2. The molecule has 2 N–H and O–H groups in total. The molecule has 25 heavy (non-hydrogen) atoms. The van der Waals surface area contributed by atoms with Crippen LogP contribution in [0.15, 0.2) is 30.0 Å². The molecule has 0 spiro atoms. The third-order valence-corrected chi connectivity index (χ3v) is 4.57. The standard InChI is InChI=1S/C17H18Cl2N4O2/c18-13-4-1-5-14(16(13)19)22-11-12(10-20)17(25)21-7-3-9-23-8-2-6-15(23)24/h1,4-5,11,22H,2-3,6-9H2,(H,21,25)/b12-11-. The van der Waals surface area contributed by atoms with Crippen LogP contribution in [0.5, 0.6) is 0 Å². The van der Waals surface area contributed by atoms with Gasteiger partial charge in [-0.15, -0.1) is 0 Å². The lowest BCUT2D eigenvalue weighted by Crippen LogP contribution is -2.31. The van der Waals surface area contributed by atoms with Crippen molar-refractivity contribution >= 4 is 40.7 Å². The van der Waals surface area contributed by atoms with Crippen LogP contribution in [0.3, 0.4) is 0 Å². The zero-order valence-corrected chi connectivity index (χ0v) is 15.0. The quantitative estimate of drug-likeness (QED) is 0.432. The number of anilines is 1. The molecule has 0 bridgehead atoms. The molecule has 1 fully saturated rings. The van der Waals surface area contributed by atoms with Crippen molar-refractivity contribution in [2.45, 2.75) is 19.3 Å². The minimum atomic E-state index is -0.485. The minimum absolute atomic E-state index is 0.0757. The summed E-state index contributed by atoms with van der Waals surface area (Å²) in [4.78, 5) is 25.3. The number of nitriles is 1. The molecule has 1 aromatic rings. The Balaban J connectivity index is 1.82. The fourth-order valence-electron chi connectivity index (χ4n) is 2.42. The molecule has 6 nitrogen and oxygen atoms in total. The van der Waals surface area contributed by atoms with Crippen LogP contribution in [0.1, 0.15) is 19.3 Å². The third kappa shape index (κ3) is 5.38. The monoisotopic (exact) mass is 380 g/mol. The zero-order chi connectivity index (χ0) is 18.2. The summed E-state index contributed by atoms with van der Waals surface area (Å²) in [5.41, 5.74) is 0.426. The van der Waals surface area contributed by atoms with Gasteiger partial charge in [0.05, 0.1) is 15.7 Å². The normalized spacial score (nSPS) is 14.4. The number of halogens is 2. The van der Waals surface area contributed by atoms with Crippen molar-refractivity contribution < 1.29 is 9.59 Å². The Morgan fingerprint density at radius 3 is 2.88 bits per heavy atom. The number of carbonyl (C=O) groups is 2. The van der Waals surface area contributed by atoms with Gasteiger partial charge >= 0.3 is 0 Å². The number of nitrogens with zero attached hydrogens (tertiary/aromatic N) is 2. The number of hydrogen-bond donors (Lipinski definition) is 2. The van der Waals surface area contributed by atoms with Crippen LogP contribution in [-0.4, -0.2) is 36.3 Å². The van der Waals surface area contributed by atoms with Gasteiger partial charge in [0.25, 0.3) is 5.91 Å². The summed E-state index contributed by atoms with van der Waals surface area (Å²) < 4.78 is 0. The van der Waals surface area contributed by atoms with Crippen molar-refractivity contribution in [1.29, 1.82) is 5.26 Å². The van der Waals surface area contributed by atoms with E-state index in [9.17, 15) is 9.59 Å². The summed E-state index contributed by atoms with van der Waals surface area (Å²) in [7, 11) is 0. The van der Waals surface area contributed by atoms with E-state index in [4.69, 9.17) is 28.5 Å². The van der Waals surface area contributed by atoms with Gasteiger partial charge in [-0.05, 0) is 25.0 Å². The topological polar surface area (TPSA) is 85.2 Å². The fraction of sp³-hybridized carbons (Fsp3) is 0.353. The lowest BCUT2D eigenvalue weighted by atomic mass is 10.2. The van der Waals surface area contributed by atoms with Crippen molar-refractivity contribution in [3.8, 4) is 6.07 Å². The van der Waals surface area contributed by atoms with Gasteiger partial charge in [-0.2, -0.15) is 5.26 Å². The van der Waals surface area contributed by atoms with Crippen LogP contribution in [0, 0.1) is 11.3 Å². The maximum Gasteiger partial charge on any atom is 0.263 e. The Bertz CT molecular complexity index is 728. The highest BCUT2D eigenvalue weighted by molar-refractivity contribution is 6.43. The number of likely N-dealkylation sites (tertiary alicyclic amines) is 1. The van der Waals surface area contributed by atoms with Crippen LogP contribution in [-0.2, 0) is 9.59 Å². The minimum Gasteiger partial charge on any atom is -0.359 e.